The predicted octanol–water partition coefficient (Wildman–Crippen LogP) is 2.76. The second-order valence-corrected chi connectivity index (χ2v) is 8.25. The number of sulfonamides is 1. The highest BCUT2D eigenvalue weighted by Crippen LogP contribution is 2.37. The predicted molar refractivity (Wildman–Crippen MR) is 92.7 cm³/mol. The fourth-order valence-electron chi connectivity index (χ4n) is 3.50. The highest BCUT2D eigenvalue weighted by atomic mass is 32.2. The van der Waals surface area contributed by atoms with Crippen LogP contribution in [0.15, 0.2) is 41.3 Å². The number of anilines is 1. The number of fused-ring (bicyclic) bond motifs is 2. The molecular weight excluding hydrogens is 324 g/mol. The molecule has 0 saturated heterocycles. The molecule has 0 radical (unpaired) electrons. The van der Waals surface area contributed by atoms with Crippen molar-refractivity contribution in [3.8, 4) is 5.75 Å². The molecule has 2 heterocycles. The molecule has 126 valence electrons. The lowest BCUT2D eigenvalue weighted by Gasteiger charge is -2.14. The summed E-state index contributed by atoms with van der Waals surface area (Å²) in [4.78, 5) is 2.38. The third kappa shape index (κ3) is 2.56. The number of nitrogens with zero attached hydrogens (tertiary/aromatic N) is 1. The van der Waals surface area contributed by atoms with Gasteiger partial charge in [-0.1, -0.05) is 24.3 Å². The smallest absolute Gasteiger partial charge is 0.265 e. The van der Waals surface area contributed by atoms with Crippen molar-refractivity contribution in [3.05, 3.63) is 53.1 Å². The lowest BCUT2D eigenvalue weighted by Crippen LogP contribution is -2.16. The van der Waals surface area contributed by atoms with Gasteiger partial charge in [-0.3, -0.25) is 9.62 Å². The van der Waals surface area contributed by atoms with Crippen molar-refractivity contribution in [2.24, 2.45) is 0 Å². The van der Waals surface area contributed by atoms with E-state index in [1.165, 1.54) is 5.56 Å². The van der Waals surface area contributed by atoms with Crippen molar-refractivity contribution < 1.29 is 13.2 Å². The molecule has 2 aromatic rings. The van der Waals surface area contributed by atoms with Crippen LogP contribution in [0, 0.1) is 0 Å². The zero-order valence-corrected chi connectivity index (χ0v) is 14.6. The van der Waals surface area contributed by atoms with Gasteiger partial charge in [0.1, 0.15) is 16.7 Å². The Morgan fingerprint density at radius 3 is 2.71 bits per heavy atom. The Balaban J connectivity index is 1.72. The first-order valence-corrected chi connectivity index (χ1v) is 9.53. The maximum Gasteiger partial charge on any atom is 0.265 e. The van der Waals surface area contributed by atoms with E-state index in [-0.39, 0.29) is 11.0 Å². The third-order valence-corrected chi connectivity index (χ3v) is 5.95. The first-order valence-electron chi connectivity index (χ1n) is 8.05. The summed E-state index contributed by atoms with van der Waals surface area (Å²) in [6.45, 7) is 3.53. The number of rotatable bonds is 3. The van der Waals surface area contributed by atoms with E-state index in [4.69, 9.17) is 4.74 Å². The minimum absolute atomic E-state index is 0.00553. The largest absolute Gasteiger partial charge is 0.489 e. The van der Waals surface area contributed by atoms with Crippen LogP contribution in [-0.2, 0) is 29.5 Å². The minimum atomic E-state index is -3.69. The molecule has 5 nitrogen and oxygen atoms in total. The fourth-order valence-corrected chi connectivity index (χ4v) is 4.77. The zero-order chi connectivity index (χ0) is 16.9. The van der Waals surface area contributed by atoms with Gasteiger partial charge < -0.3 is 4.74 Å². The minimum Gasteiger partial charge on any atom is -0.489 e. The van der Waals surface area contributed by atoms with Gasteiger partial charge in [0.15, 0.2) is 0 Å². The van der Waals surface area contributed by atoms with Crippen molar-refractivity contribution in [1.82, 2.24) is 4.90 Å². The lowest BCUT2D eigenvalue weighted by molar-refractivity contribution is 0.249. The maximum absolute atomic E-state index is 12.9. The second kappa shape index (κ2) is 5.50. The number of ether oxygens (including phenoxy) is 1. The third-order valence-electron chi connectivity index (χ3n) is 4.56. The molecule has 0 spiro atoms. The molecule has 1 unspecified atom stereocenters. The molecule has 0 amide bonds. The van der Waals surface area contributed by atoms with Gasteiger partial charge in [0.25, 0.3) is 10.0 Å². The molecule has 2 aromatic carbocycles. The first kappa shape index (κ1) is 15.5. The van der Waals surface area contributed by atoms with Crippen molar-refractivity contribution in [3.63, 3.8) is 0 Å². The maximum atomic E-state index is 12.9. The molecule has 2 aliphatic heterocycles. The summed E-state index contributed by atoms with van der Waals surface area (Å²) in [6.07, 6.45) is 0.746. The molecule has 24 heavy (non-hydrogen) atoms. The van der Waals surface area contributed by atoms with Crippen molar-refractivity contribution in [1.29, 1.82) is 0 Å². The number of hydrogen-bond acceptors (Lipinski definition) is 4. The highest BCUT2D eigenvalue weighted by molar-refractivity contribution is 7.92. The van der Waals surface area contributed by atoms with Gasteiger partial charge in [-0.05, 0) is 42.8 Å². The second-order valence-electron chi connectivity index (χ2n) is 6.60. The summed E-state index contributed by atoms with van der Waals surface area (Å²) in [5.41, 5.74) is 3.81. The first-order chi connectivity index (χ1) is 11.4. The van der Waals surface area contributed by atoms with Crippen LogP contribution in [0.3, 0.4) is 0 Å². The average molecular weight is 344 g/mol. The van der Waals surface area contributed by atoms with E-state index in [2.05, 4.69) is 9.62 Å². The topological polar surface area (TPSA) is 58.6 Å². The van der Waals surface area contributed by atoms with Gasteiger partial charge in [-0.2, -0.15) is 0 Å². The van der Waals surface area contributed by atoms with Crippen molar-refractivity contribution >= 4 is 15.7 Å². The van der Waals surface area contributed by atoms with Crippen LogP contribution in [0.25, 0.3) is 0 Å². The standard InChI is InChI=1S/C18H20N2O3S/c1-12-9-13-5-4-8-17(18(13)23-12)24(21,22)19-16-7-3-6-14-10-20(2)11-15(14)16/h3-8,12,19H,9-11H2,1-2H3. The van der Waals surface area contributed by atoms with Gasteiger partial charge in [-0.25, -0.2) is 8.42 Å². The summed E-state index contributed by atoms with van der Waals surface area (Å²) < 4.78 is 34.4. The van der Waals surface area contributed by atoms with Crippen LogP contribution >= 0.6 is 0 Å². The SMILES string of the molecule is CC1Cc2cccc(S(=O)(=O)Nc3cccc4c3CN(C)C4)c2O1. The van der Waals surface area contributed by atoms with E-state index in [9.17, 15) is 8.42 Å². The number of para-hydroxylation sites is 1. The van der Waals surface area contributed by atoms with Crippen LogP contribution in [0.2, 0.25) is 0 Å². The normalized spacial score (nSPS) is 19.7. The average Bonchev–Trinajstić information content (AvgIpc) is 3.07. The number of nitrogens with one attached hydrogen (secondary N) is 1. The molecule has 0 aliphatic carbocycles. The summed E-state index contributed by atoms with van der Waals surface area (Å²) in [7, 11) is -1.67. The number of benzene rings is 2. The Bertz CT molecular complexity index is 908. The van der Waals surface area contributed by atoms with E-state index >= 15 is 0 Å². The van der Waals surface area contributed by atoms with Crippen LogP contribution < -0.4 is 9.46 Å². The molecule has 0 fully saturated rings. The van der Waals surface area contributed by atoms with Crippen LogP contribution in [0.1, 0.15) is 23.6 Å². The monoisotopic (exact) mass is 344 g/mol. The Morgan fingerprint density at radius 2 is 1.88 bits per heavy atom. The van der Waals surface area contributed by atoms with Crippen LogP contribution in [0.4, 0.5) is 5.69 Å². The van der Waals surface area contributed by atoms with Crippen LogP contribution in [0.5, 0.6) is 5.75 Å². The molecule has 1 atom stereocenters. The summed E-state index contributed by atoms with van der Waals surface area (Å²) >= 11 is 0. The van der Waals surface area contributed by atoms with Gasteiger partial charge in [-0.15, -0.1) is 0 Å². The molecule has 0 bridgehead atoms. The Labute approximate surface area is 142 Å². The molecule has 6 heteroatoms. The van der Waals surface area contributed by atoms with E-state index < -0.39 is 10.0 Å². The van der Waals surface area contributed by atoms with E-state index in [0.717, 1.165) is 30.6 Å². The van der Waals surface area contributed by atoms with E-state index in [1.807, 2.05) is 38.2 Å². The van der Waals surface area contributed by atoms with Gasteiger partial charge in [0.05, 0.1) is 5.69 Å². The van der Waals surface area contributed by atoms with Gasteiger partial charge >= 0.3 is 0 Å². The Kier molecular flexibility index (Phi) is 3.54. The summed E-state index contributed by atoms with van der Waals surface area (Å²) in [5.74, 6) is 0.488. The van der Waals surface area contributed by atoms with Gasteiger partial charge in [0.2, 0.25) is 0 Å². The molecule has 0 aromatic heterocycles. The van der Waals surface area contributed by atoms with Crippen molar-refractivity contribution in [2.45, 2.75) is 37.4 Å². The Morgan fingerprint density at radius 1 is 1.12 bits per heavy atom. The molecule has 1 N–H and O–H groups in total. The number of hydrogen-bond donors (Lipinski definition) is 1. The molecule has 0 saturated carbocycles. The van der Waals surface area contributed by atoms with Gasteiger partial charge in [0, 0.05) is 19.5 Å². The summed E-state index contributed by atoms with van der Waals surface area (Å²) in [5, 5.41) is 0. The molecular formula is C18H20N2O3S. The van der Waals surface area contributed by atoms with Crippen LogP contribution in [-0.4, -0.2) is 26.5 Å². The van der Waals surface area contributed by atoms with Crippen molar-refractivity contribution in [2.75, 3.05) is 11.8 Å². The Hall–Kier alpha value is -2.05. The molecule has 2 aliphatic rings. The molecule has 4 rings (SSSR count). The quantitative estimate of drug-likeness (QED) is 0.930. The lowest BCUT2D eigenvalue weighted by atomic mass is 10.1. The van der Waals surface area contributed by atoms with E-state index in [1.54, 1.807) is 12.1 Å². The fraction of sp³-hybridized carbons (Fsp3) is 0.333. The highest BCUT2D eigenvalue weighted by Gasteiger charge is 2.29. The van der Waals surface area contributed by atoms with E-state index in [0.29, 0.717) is 11.4 Å². The zero-order valence-electron chi connectivity index (χ0n) is 13.7. The summed E-state index contributed by atoms with van der Waals surface area (Å²) in [6, 6.07) is 11.1.